The summed E-state index contributed by atoms with van der Waals surface area (Å²) >= 11 is 4.62. The first-order valence-electron chi connectivity index (χ1n) is 8.48. The van der Waals surface area contributed by atoms with E-state index in [4.69, 9.17) is 9.79 Å². The van der Waals surface area contributed by atoms with E-state index in [1.54, 1.807) is 24.2 Å². The Kier molecular flexibility index (Phi) is 6.91. The van der Waals surface area contributed by atoms with E-state index in [0.717, 1.165) is 34.1 Å². The average molecular weight is 500 g/mol. The van der Waals surface area contributed by atoms with Crippen LogP contribution in [0.5, 0.6) is 0 Å². The zero-order valence-corrected chi connectivity index (χ0v) is 18.3. The summed E-state index contributed by atoms with van der Waals surface area (Å²) in [6, 6.07) is 16.0. The molecule has 1 heterocycles. The van der Waals surface area contributed by atoms with Crippen LogP contribution in [0.3, 0.4) is 0 Å². The molecule has 0 unspecified atom stereocenters. The van der Waals surface area contributed by atoms with Gasteiger partial charge in [-0.05, 0) is 34.4 Å². The molecule has 0 atom stereocenters. The standard InChI is InChI=1S/C20H17BrF2NO3PS/c21-19-10-15(5-8-18(19)20(22,23)28(25,26)27)13-29-12-14-3-6-16(7-4-14)17-2-1-9-24-11-17/h1-11H,12-13H2,(H2,25,26,27). The molecule has 0 bridgehead atoms. The Hall–Kier alpha value is -1.57. The molecule has 2 aromatic carbocycles. The second-order valence-corrected chi connectivity index (χ2v) is 9.82. The smallest absolute Gasteiger partial charge is 0.320 e. The Bertz CT molecular complexity index is 1030. The average Bonchev–Trinajstić information content (AvgIpc) is 2.68. The Morgan fingerprint density at radius 1 is 1.00 bits per heavy atom. The zero-order chi connectivity index (χ0) is 21.1. The normalized spacial score (nSPS) is 12.2. The van der Waals surface area contributed by atoms with E-state index in [2.05, 4.69) is 20.9 Å². The third-order valence-electron chi connectivity index (χ3n) is 4.21. The third-order valence-corrected chi connectivity index (χ3v) is 6.91. The van der Waals surface area contributed by atoms with Crippen molar-refractivity contribution in [2.75, 3.05) is 0 Å². The molecular formula is C20H17BrF2NO3PS. The highest BCUT2D eigenvalue weighted by Crippen LogP contribution is 2.60. The molecule has 0 spiro atoms. The lowest BCUT2D eigenvalue weighted by Crippen LogP contribution is -2.14. The van der Waals surface area contributed by atoms with E-state index in [1.807, 2.05) is 36.4 Å². The number of hydrogen-bond acceptors (Lipinski definition) is 3. The van der Waals surface area contributed by atoms with E-state index in [9.17, 15) is 13.3 Å². The molecule has 152 valence electrons. The number of halogens is 3. The molecule has 3 rings (SSSR count). The SMILES string of the molecule is O=P(O)(O)C(F)(F)c1ccc(CSCc2ccc(-c3cccnc3)cc2)cc1Br. The van der Waals surface area contributed by atoms with E-state index >= 15 is 0 Å². The van der Waals surface area contributed by atoms with Crippen LogP contribution in [0.2, 0.25) is 0 Å². The second kappa shape index (κ2) is 9.06. The van der Waals surface area contributed by atoms with Gasteiger partial charge in [0.05, 0.1) is 0 Å². The highest BCUT2D eigenvalue weighted by atomic mass is 79.9. The topological polar surface area (TPSA) is 70.4 Å². The van der Waals surface area contributed by atoms with Crippen molar-refractivity contribution < 1.29 is 23.1 Å². The quantitative estimate of drug-likeness (QED) is 0.380. The van der Waals surface area contributed by atoms with Crippen LogP contribution in [0.4, 0.5) is 8.78 Å². The number of benzene rings is 2. The van der Waals surface area contributed by atoms with Crippen LogP contribution in [-0.4, -0.2) is 14.8 Å². The van der Waals surface area contributed by atoms with Crippen molar-refractivity contribution in [2.24, 2.45) is 0 Å². The van der Waals surface area contributed by atoms with E-state index in [-0.39, 0.29) is 4.47 Å². The van der Waals surface area contributed by atoms with Gasteiger partial charge in [-0.3, -0.25) is 9.55 Å². The van der Waals surface area contributed by atoms with Gasteiger partial charge in [-0.1, -0.05) is 58.4 Å². The first-order valence-corrected chi connectivity index (χ1v) is 12.0. The monoisotopic (exact) mass is 499 g/mol. The number of pyridine rings is 1. The largest absolute Gasteiger partial charge is 0.399 e. The van der Waals surface area contributed by atoms with Gasteiger partial charge in [0.15, 0.2) is 0 Å². The van der Waals surface area contributed by atoms with E-state index < -0.39 is 18.8 Å². The third kappa shape index (κ3) is 5.32. The summed E-state index contributed by atoms with van der Waals surface area (Å²) in [6.45, 7) is 0. The lowest BCUT2D eigenvalue weighted by molar-refractivity contribution is 0.0557. The Labute approximate surface area is 179 Å². The molecule has 1 aromatic heterocycles. The van der Waals surface area contributed by atoms with Gasteiger partial charge < -0.3 is 9.79 Å². The number of alkyl halides is 2. The first-order chi connectivity index (χ1) is 13.7. The van der Waals surface area contributed by atoms with Crippen LogP contribution in [0.1, 0.15) is 16.7 Å². The van der Waals surface area contributed by atoms with Crippen LogP contribution in [-0.2, 0) is 21.7 Å². The minimum atomic E-state index is -5.59. The summed E-state index contributed by atoms with van der Waals surface area (Å²) in [5.74, 6) is 1.32. The lowest BCUT2D eigenvalue weighted by atomic mass is 10.1. The molecule has 0 saturated carbocycles. The molecule has 4 nitrogen and oxygen atoms in total. The number of thioether (sulfide) groups is 1. The predicted molar refractivity (Wildman–Crippen MR) is 115 cm³/mol. The predicted octanol–water partition coefficient (Wildman–Crippen LogP) is 6.17. The minimum absolute atomic E-state index is 0.0234. The fourth-order valence-corrected chi connectivity index (χ4v) is 4.95. The van der Waals surface area contributed by atoms with Gasteiger partial charge in [0, 0.05) is 33.9 Å². The van der Waals surface area contributed by atoms with Gasteiger partial charge in [0.1, 0.15) is 0 Å². The molecule has 9 heteroatoms. The zero-order valence-electron chi connectivity index (χ0n) is 15.0. The van der Waals surface area contributed by atoms with Crippen molar-refractivity contribution in [3.05, 3.63) is 88.2 Å². The Morgan fingerprint density at radius 3 is 2.24 bits per heavy atom. The molecule has 0 radical (unpaired) electrons. The van der Waals surface area contributed by atoms with E-state index in [1.165, 1.54) is 12.1 Å². The van der Waals surface area contributed by atoms with Crippen molar-refractivity contribution in [1.29, 1.82) is 0 Å². The molecule has 0 aliphatic rings. The fraction of sp³-hybridized carbons (Fsp3) is 0.150. The minimum Gasteiger partial charge on any atom is -0.320 e. The van der Waals surface area contributed by atoms with Gasteiger partial charge in [-0.25, -0.2) is 0 Å². The lowest BCUT2D eigenvalue weighted by Gasteiger charge is -2.19. The molecule has 0 fully saturated rings. The Balaban J connectivity index is 1.61. The maximum Gasteiger partial charge on any atom is 0.399 e. The maximum absolute atomic E-state index is 13.9. The molecule has 0 aliphatic heterocycles. The molecule has 2 N–H and O–H groups in total. The highest BCUT2D eigenvalue weighted by molar-refractivity contribution is 9.10. The van der Waals surface area contributed by atoms with Crippen molar-refractivity contribution in [3.63, 3.8) is 0 Å². The summed E-state index contributed by atoms with van der Waals surface area (Å²) in [6.07, 6.45) is 3.54. The molecule has 0 saturated heterocycles. The summed E-state index contributed by atoms with van der Waals surface area (Å²) in [4.78, 5) is 21.9. The number of hydrogen-bond donors (Lipinski definition) is 2. The van der Waals surface area contributed by atoms with Gasteiger partial charge in [0.25, 0.3) is 0 Å². The first kappa shape index (κ1) is 22.1. The summed E-state index contributed by atoms with van der Waals surface area (Å²) in [5, 5.41) is 0. The van der Waals surface area contributed by atoms with Gasteiger partial charge in [0.2, 0.25) is 0 Å². The highest BCUT2D eigenvalue weighted by Gasteiger charge is 2.51. The van der Waals surface area contributed by atoms with Crippen LogP contribution in [0.15, 0.2) is 71.5 Å². The van der Waals surface area contributed by atoms with Crippen molar-refractivity contribution >= 4 is 35.3 Å². The second-order valence-electron chi connectivity index (χ2n) is 6.33. The Morgan fingerprint density at radius 2 is 1.66 bits per heavy atom. The van der Waals surface area contributed by atoms with Crippen molar-refractivity contribution in [1.82, 2.24) is 4.98 Å². The van der Waals surface area contributed by atoms with Gasteiger partial charge >= 0.3 is 13.3 Å². The molecule has 29 heavy (non-hydrogen) atoms. The summed E-state index contributed by atoms with van der Waals surface area (Å²) < 4.78 is 38.8. The van der Waals surface area contributed by atoms with Crippen molar-refractivity contribution in [3.8, 4) is 11.1 Å². The van der Waals surface area contributed by atoms with Crippen molar-refractivity contribution in [2.45, 2.75) is 17.2 Å². The molecule has 3 aromatic rings. The van der Waals surface area contributed by atoms with Crippen LogP contribution >= 0.6 is 35.3 Å². The maximum atomic E-state index is 13.9. The van der Waals surface area contributed by atoms with E-state index in [0.29, 0.717) is 5.75 Å². The molecule has 0 amide bonds. The van der Waals surface area contributed by atoms with Crippen LogP contribution in [0.25, 0.3) is 11.1 Å². The number of aromatic nitrogens is 1. The van der Waals surface area contributed by atoms with Crippen LogP contribution < -0.4 is 0 Å². The summed E-state index contributed by atoms with van der Waals surface area (Å²) in [5.41, 5.74) is -0.912. The number of nitrogens with zero attached hydrogens (tertiary/aromatic N) is 1. The number of rotatable bonds is 7. The summed E-state index contributed by atoms with van der Waals surface area (Å²) in [7, 11) is -5.59. The van der Waals surface area contributed by atoms with Gasteiger partial charge in [-0.2, -0.15) is 20.5 Å². The molecule has 0 aliphatic carbocycles. The molecular weight excluding hydrogens is 483 g/mol. The fourth-order valence-electron chi connectivity index (χ4n) is 2.66. The van der Waals surface area contributed by atoms with Gasteiger partial charge in [-0.15, -0.1) is 0 Å². The van der Waals surface area contributed by atoms with Crippen LogP contribution in [0, 0.1) is 0 Å².